The lowest BCUT2D eigenvalue weighted by Gasteiger charge is -2.08. The van der Waals surface area contributed by atoms with Gasteiger partial charge in [0.05, 0.1) is 6.61 Å². The van der Waals surface area contributed by atoms with E-state index in [-0.39, 0.29) is 0 Å². The van der Waals surface area contributed by atoms with Crippen LogP contribution in [0.3, 0.4) is 0 Å². The number of hydrogen-bond acceptors (Lipinski definition) is 1. The zero-order chi connectivity index (χ0) is 10.6. The van der Waals surface area contributed by atoms with Gasteiger partial charge in [-0.3, -0.25) is 0 Å². The van der Waals surface area contributed by atoms with Crippen molar-refractivity contribution in [2.24, 2.45) is 11.3 Å². The van der Waals surface area contributed by atoms with E-state index < -0.39 is 0 Å². The molecule has 0 radical (unpaired) electrons. The Hall–Kier alpha value is -0.980. The van der Waals surface area contributed by atoms with E-state index in [4.69, 9.17) is 4.74 Å². The largest absolute Gasteiger partial charge is 0.493 e. The van der Waals surface area contributed by atoms with Gasteiger partial charge in [0.1, 0.15) is 5.75 Å². The molecule has 0 aromatic heterocycles. The molecule has 1 heteroatoms. The first kappa shape index (κ1) is 9.26. The van der Waals surface area contributed by atoms with E-state index in [1.165, 1.54) is 5.56 Å². The predicted octanol–water partition coefficient (Wildman–Crippen LogP) is 3.38. The van der Waals surface area contributed by atoms with Gasteiger partial charge in [0, 0.05) is 12.0 Å². The highest BCUT2D eigenvalue weighted by Crippen LogP contribution is 2.65. The summed E-state index contributed by atoms with van der Waals surface area (Å²) in [6.07, 6.45) is 1.10. The third kappa shape index (κ3) is 1.15. The molecule has 2 aliphatic rings. The third-order valence-corrected chi connectivity index (χ3v) is 4.48. The zero-order valence-corrected chi connectivity index (χ0v) is 9.71. The molecule has 0 bridgehead atoms. The monoisotopic (exact) mass is 202 g/mol. The van der Waals surface area contributed by atoms with Crippen LogP contribution in [0, 0.1) is 11.3 Å². The second-order valence-electron chi connectivity index (χ2n) is 5.51. The smallest absolute Gasteiger partial charge is 0.122 e. The second-order valence-corrected chi connectivity index (χ2v) is 5.51. The van der Waals surface area contributed by atoms with Gasteiger partial charge in [0.25, 0.3) is 0 Å². The molecule has 1 aromatic carbocycles. The van der Waals surface area contributed by atoms with Crippen LogP contribution in [0.15, 0.2) is 18.2 Å². The number of ether oxygens (including phenoxy) is 1. The maximum Gasteiger partial charge on any atom is 0.122 e. The van der Waals surface area contributed by atoms with Gasteiger partial charge < -0.3 is 4.74 Å². The van der Waals surface area contributed by atoms with E-state index in [0.717, 1.165) is 30.6 Å². The fourth-order valence-corrected chi connectivity index (χ4v) is 3.10. The molecule has 0 spiro atoms. The van der Waals surface area contributed by atoms with Gasteiger partial charge in [-0.25, -0.2) is 0 Å². The Bertz CT molecular complexity index is 406. The molecule has 0 N–H and O–H groups in total. The minimum atomic E-state index is 0.484. The van der Waals surface area contributed by atoms with Crippen LogP contribution in [-0.2, 0) is 6.42 Å². The summed E-state index contributed by atoms with van der Waals surface area (Å²) in [5, 5.41) is 0. The summed E-state index contributed by atoms with van der Waals surface area (Å²) < 4.78 is 5.62. The van der Waals surface area contributed by atoms with E-state index in [9.17, 15) is 0 Å². The number of benzene rings is 1. The molecule has 1 saturated carbocycles. The van der Waals surface area contributed by atoms with Crippen molar-refractivity contribution in [2.75, 3.05) is 6.61 Å². The topological polar surface area (TPSA) is 9.23 Å². The Kier molecular flexibility index (Phi) is 1.72. The van der Waals surface area contributed by atoms with Gasteiger partial charge in [-0.15, -0.1) is 0 Å². The molecule has 80 valence electrons. The fourth-order valence-electron chi connectivity index (χ4n) is 3.10. The van der Waals surface area contributed by atoms with Crippen molar-refractivity contribution in [2.45, 2.75) is 33.1 Å². The highest BCUT2D eigenvalue weighted by Gasteiger charge is 2.55. The average molecular weight is 202 g/mol. The highest BCUT2D eigenvalue weighted by molar-refractivity contribution is 5.47. The Morgan fingerprint density at radius 2 is 2.07 bits per heavy atom. The van der Waals surface area contributed by atoms with Gasteiger partial charge in [0.2, 0.25) is 0 Å². The van der Waals surface area contributed by atoms with Crippen molar-refractivity contribution in [1.82, 2.24) is 0 Å². The fraction of sp³-hybridized carbons (Fsp3) is 0.571. The van der Waals surface area contributed by atoms with Crippen LogP contribution >= 0.6 is 0 Å². The van der Waals surface area contributed by atoms with Crippen LogP contribution in [0.1, 0.15) is 37.8 Å². The quantitative estimate of drug-likeness (QED) is 0.678. The lowest BCUT2D eigenvalue weighted by Crippen LogP contribution is -1.94. The van der Waals surface area contributed by atoms with Crippen LogP contribution in [-0.4, -0.2) is 6.61 Å². The molecule has 2 atom stereocenters. The molecule has 1 aliphatic carbocycles. The average Bonchev–Trinajstić information content (AvgIpc) is 2.63. The minimum Gasteiger partial charge on any atom is -0.493 e. The summed E-state index contributed by atoms with van der Waals surface area (Å²) >= 11 is 0. The molecule has 1 aromatic rings. The summed E-state index contributed by atoms with van der Waals surface area (Å²) in [4.78, 5) is 0. The van der Waals surface area contributed by atoms with Gasteiger partial charge in [-0.05, 0) is 28.9 Å². The maximum absolute atomic E-state index is 5.62. The van der Waals surface area contributed by atoms with Crippen LogP contribution in [0.25, 0.3) is 0 Å². The SMILES string of the molecule is CC1C(c2cccc3c2CCO3)C1(C)C. The number of fused-ring (bicyclic) bond motifs is 1. The summed E-state index contributed by atoms with van der Waals surface area (Å²) in [7, 11) is 0. The van der Waals surface area contributed by atoms with Crippen molar-refractivity contribution < 1.29 is 4.74 Å². The molecule has 1 fully saturated rings. The van der Waals surface area contributed by atoms with Crippen molar-refractivity contribution in [3.63, 3.8) is 0 Å². The van der Waals surface area contributed by atoms with Gasteiger partial charge in [-0.2, -0.15) is 0 Å². The normalized spacial score (nSPS) is 30.9. The summed E-state index contributed by atoms with van der Waals surface area (Å²) in [5.41, 5.74) is 3.50. The Morgan fingerprint density at radius 3 is 2.73 bits per heavy atom. The van der Waals surface area contributed by atoms with Gasteiger partial charge >= 0.3 is 0 Å². The Labute approximate surface area is 91.5 Å². The molecule has 3 rings (SSSR count). The molecule has 15 heavy (non-hydrogen) atoms. The van der Waals surface area contributed by atoms with E-state index in [1.54, 1.807) is 5.56 Å². The zero-order valence-electron chi connectivity index (χ0n) is 9.71. The third-order valence-electron chi connectivity index (χ3n) is 4.48. The summed E-state index contributed by atoms with van der Waals surface area (Å²) in [6, 6.07) is 6.54. The molecule has 1 nitrogen and oxygen atoms in total. The highest BCUT2D eigenvalue weighted by atomic mass is 16.5. The number of hydrogen-bond donors (Lipinski definition) is 0. The van der Waals surface area contributed by atoms with Gasteiger partial charge in [0.15, 0.2) is 0 Å². The van der Waals surface area contributed by atoms with E-state index in [2.05, 4.69) is 39.0 Å². The molecule has 1 aliphatic heterocycles. The lowest BCUT2D eigenvalue weighted by molar-refractivity contribution is 0.357. The van der Waals surface area contributed by atoms with Crippen molar-refractivity contribution in [3.05, 3.63) is 29.3 Å². The lowest BCUT2D eigenvalue weighted by atomic mass is 9.97. The van der Waals surface area contributed by atoms with Crippen LogP contribution < -0.4 is 4.74 Å². The van der Waals surface area contributed by atoms with Gasteiger partial charge in [-0.1, -0.05) is 32.9 Å². The van der Waals surface area contributed by atoms with Crippen molar-refractivity contribution in [1.29, 1.82) is 0 Å². The Balaban J connectivity index is 2.04. The molecule has 2 unspecified atom stereocenters. The first-order valence-corrected chi connectivity index (χ1v) is 5.87. The van der Waals surface area contributed by atoms with Crippen LogP contribution in [0.5, 0.6) is 5.75 Å². The predicted molar refractivity (Wildman–Crippen MR) is 61.3 cm³/mol. The first-order chi connectivity index (χ1) is 7.12. The Morgan fingerprint density at radius 1 is 1.33 bits per heavy atom. The van der Waals surface area contributed by atoms with Crippen molar-refractivity contribution >= 4 is 0 Å². The van der Waals surface area contributed by atoms with Crippen LogP contribution in [0.2, 0.25) is 0 Å². The van der Waals surface area contributed by atoms with Crippen molar-refractivity contribution in [3.8, 4) is 5.75 Å². The molecular formula is C14H18O. The second kappa shape index (κ2) is 2.78. The molecule has 0 amide bonds. The van der Waals surface area contributed by atoms with E-state index >= 15 is 0 Å². The number of rotatable bonds is 1. The standard InChI is InChI=1S/C14H18O/c1-9-13(14(9,2)3)11-5-4-6-12-10(11)7-8-15-12/h4-6,9,13H,7-8H2,1-3H3. The van der Waals surface area contributed by atoms with E-state index in [0.29, 0.717) is 5.41 Å². The first-order valence-electron chi connectivity index (χ1n) is 5.87. The minimum absolute atomic E-state index is 0.484. The maximum atomic E-state index is 5.62. The summed E-state index contributed by atoms with van der Waals surface area (Å²) in [5.74, 6) is 2.68. The molecule has 1 heterocycles. The molecular weight excluding hydrogens is 184 g/mol. The molecule has 0 saturated heterocycles. The summed E-state index contributed by atoms with van der Waals surface area (Å²) in [6.45, 7) is 7.98. The van der Waals surface area contributed by atoms with E-state index in [1.807, 2.05) is 0 Å². The van der Waals surface area contributed by atoms with Crippen LogP contribution in [0.4, 0.5) is 0 Å².